The van der Waals surface area contributed by atoms with E-state index in [4.69, 9.17) is 21.1 Å². The summed E-state index contributed by atoms with van der Waals surface area (Å²) in [5.74, 6) is -0.871. The van der Waals surface area contributed by atoms with Crippen LogP contribution in [0.15, 0.2) is 75.7 Å². The van der Waals surface area contributed by atoms with Gasteiger partial charge in [-0.15, -0.1) is 0 Å². The maximum atomic E-state index is 14.0. The van der Waals surface area contributed by atoms with E-state index in [-0.39, 0.29) is 18.1 Å². The summed E-state index contributed by atoms with van der Waals surface area (Å²) in [5.41, 5.74) is 5.44. The number of esters is 2. The Morgan fingerprint density at radius 3 is 2.26 bits per heavy atom. The number of fused-ring (bicyclic) bond motifs is 1. The Hall–Kier alpha value is -4.21. The van der Waals surface area contributed by atoms with Crippen LogP contribution in [0.3, 0.4) is 0 Å². The SMILES string of the molecule is CCOC(=O)C1=C(C)N=c2s/c(=C/c3cc(C)n(-c4ccc(C(=O)OCC)cc4)c3C)c(=O)n2[C@H]1c1ccc(Cl)cc1. The molecule has 2 aromatic carbocycles. The summed E-state index contributed by atoms with van der Waals surface area (Å²) in [6.45, 7) is 9.76. The first-order valence-corrected chi connectivity index (χ1v) is 14.8. The molecule has 42 heavy (non-hydrogen) atoms. The fourth-order valence-electron chi connectivity index (χ4n) is 5.19. The van der Waals surface area contributed by atoms with Crippen molar-refractivity contribution in [1.82, 2.24) is 9.13 Å². The highest BCUT2D eigenvalue weighted by Gasteiger charge is 2.33. The van der Waals surface area contributed by atoms with Crippen molar-refractivity contribution in [3.8, 4) is 5.69 Å². The number of aromatic nitrogens is 2. The van der Waals surface area contributed by atoms with Crippen molar-refractivity contribution in [3.05, 3.63) is 119 Å². The second-order valence-electron chi connectivity index (χ2n) is 9.78. The van der Waals surface area contributed by atoms with Gasteiger partial charge in [0.15, 0.2) is 4.80 Å². The quantitative estimate of drug-likeness (QED) is 0.276. The van der Waals surface area contributed by atoms with Gasteiger partial charge in [0, 0.05) is 22.1 Å². The molecular weight excluding hydrogens is 574 g/mol. The van der Waals surface area contributed by atoms with E-state index in [1.54, 1.807) is 49.6 Å². The highest BCUT2D eigenvalue weighted by molar-refractivity contribution is 7.07. The maximum Gasteiger partial charge on any atom is 0.338 e. The maximum absolute atomic E-state index is 14.0. The zero-order chi connectivity index (χ0) is 30.1. The molecular formula is C32H30ClN3O5S. The number of ether oxygens (including phenoxy) is 2. The Kier molecular flexibility index (Phi) is 8.34. The number of benzene rings is 2. The lowest BCUT2D eigenvalue weighted by molar-refractivity contribution is -0.139. The van der Waals surface area contributed by atoms with E-state index in [0.29, 0.717) is 37.8 Å². The average Bonchev–Trinajstić information content (AvgIpc) is 3.42. The smallest absolute Gasteiger partial charge is 0.338 e. The Morgan fingerprint density at radius 2 is 1.62 bits per heavy atom. The lowest BCUT2D eigenvalue weighted by Gasteiger charge is -2.24. The molecule has 4 aromatic rings. The zero-order valence-electron chi connectivity index (χ0n) is 23.9. The molecule has 0 radical (unpaired) electrons. The lowest BCUT2D eigenvalue weighted by atomic mass is 9.96. The number of rotatable bonds is 7. The van der Waals surface area contributed by atoms with E-state index in [0.717, 1.165) is 28.2 Å². The van der Waals surface area contributed by atoms with Crippen LogP contribution >= 0.6 is 22.9 Å². The summed E-state index contributed by atoms with van der Waals surface area (Å²) in [6.07, 6.45) is 1.86. The Labute approximate surface area is 251 Å². The normalized spacial score (nSPS) is 14.9. The Balaban J connectivity index is 1.61. The van der Waals surface area contributed by atoms with Crippen LogP contribution in [-0.2, 0) is 14.3 Å². The number of allylic oxidation sites excluding steroid dienone is 1. The summed E-state index contributed by atoms with van der Waals surface area (Å²) < 4.78 is 14.6. The van der Waals surface area contributed by atoms with Gasteiger partial charge < -0.3 is 14.0 Å². The number of aryl methyl sites for hydroxylation is 1. The van der Waals surface area contributed by atoms with Crippen molar-refractivity contribution in [2.75, 3.05) is 13.2 Å². The van der Waals surface area contributed by atoms with Crippen molar-refractivity contribution in [3.63, 3.8) is 0 Å². The minimum atomic E-state index is -0.704. The number of carbonyl (C=O) groups excluding carboxylic acids is 2. The molecule has 0 saturated carbocycles. The molecule has 0 spiro atoms. The highest BCUT2D eigenvalue weighted by Crippen LogP contribution is 2.31. The molecule has 0 amide bonds. The van der Waals surface area contributed by atoms with Crippen LogP contribution in [0.25, 0.3) is 11.8 Å². The van der Waals surface area contributed by atoms with E-state index in [2.05, 4.69) is 9.56 Å². The minimum absolute atomic E-state index is 0.203. The van der Waals surface area contributed by atoms with Crippen LogP contribution < -0.4 is 14.9 Å². The van der Waals surface area contributed by atoms with Gasteiger partial charge in [-0.05, 0) is 94.3 Å². The summed E-state index contributed by atoms with van der Waals surface area (Å²) in [4.78, 5) is 44.3. The van der Waals surface area contributed by atoms with Gasteiger partial charge in [-0.3, -0.25) is 9.36 Å². The van der Waals surface area contributed by atoms with E-state index in [9.17, 15) is 14.4 Å². The van der Waals surface area contributed by atoms with Crippen molar-refractivity contribution in [1.29, 1.82) is 0 Å². The third-order valence-corrected chi connectivity index (χ3v) is 8.33. The predicted molar refractivity (Wildman–Crippen MR) is 163 cm³/mol. The van der Waals surface area contributed by atoms with Gasteiger partial charge in [-0.1, -0.05) is 35.1 Å². The molecule has 3 heterocycles. The number of hydrogen-bond donors (Lipinski definition) is 0. The molecule has 8 nitrogen and oxygen atoms in total. The molecule has 1 aliphatic rings. The molecule has 0 N–H and O–H groups in total. The van der Waals surface area contributed by atoms with Crippen molar-refractivity contribution in [2.45, 2.75) is 40.7 Å². The summed E-state index contributed by atoms with van der Waals surface area (Å²) >= 11 is 7.42. The lowest BCUT2D eigenvalue weighted by Crippen LogP contribution is -2.39. The van der Waals surface area contributed by atoms with Crippen LogP contribution in [0.1, 0.15) is 59.7 Å². The minimum Gasteiger partial charge on any atom is -0.463 e. The molecule has 0 fully saturated rings. The molecule has 5 rings (SSSR count). The Morgan fingerprint density at radius 1 is 0.976 bits per heavy atom. The van der Waals surface area contributed by atoms with E-state index >= 15 is 0 Å². The van der Waals surface area contributed by atoms with Crippen LogP contribution in [0.4, 0.5) is 0 Å². The monoisotopic (exact) mass is 603 g/mol. The zero-order valence-corrected chi connectivity index (χ0v) is 25.5. The molecule has 0 aliphatic carbocycles. The van der Waals surface area contributed by atoms with Gasteiger partial charge in [-0.2, -0.15) is 0 Å². The first kappa shape index (κ1) is 29.3. The van der Waals surface area contributed by atoms with Crippen molar-refractivity contribution >= 4 is 41.0 Å². The predicted octanol–water partition coefficient (Wildman–Crippen LogP) is 5.04. The van der Waals surface area contributed by atoms with Crippen molar-refractivity contribution < 1.29 is 19.1 Å². The van der Waals surface area contributed by atoms with Crippen LogP contribution in [0.2, 0.25) is 5.02 Å². The van der Waals surface area contributed by atoms with E-state index < -0.39 is 12.0 Å². The largest absolute Gasteiger partial charge is 0.463 e. The molecule has 216 valence electrons. The van der Waals surface area contributed by atoms with E-state index in [1.807, 2.05) is 50.3 Å². The van der Waals surface area contributed by atoms with Gasteiger partial charge in [0.25, 0.3) is 5.56 Å². The fourth-order valence-corrected chi connectivity index (χ4v) is 6.35. The van der Waals surface area contributed by atoms with Crippen LogP contribution in [0.5, 0.6) is 0 Å². The Bertz CT molecular complexity index is 1900. The van der Waals surface area contributed by atoms with Crippen LogP contribution in [0, 0.1) is 13.8 Å². The molecule has 0 bridgehead atoms. The highest BCUT2D eigenvalue weighted by atomic mass is 35.5. The number of nitrogens with zero attached hydrogens (tertiary/aromatic N) is 3. The number of thiazole rings is 1. The third-order valence-electron chi connectivity index (χ3n) is 7.10. The molecule has 2 aromatic heterocycles. The van der Waals surface area contributed by atoms with Gasteiger partial charge in [0.2, 0.25) is 0 Å². The second kappa shape index (κ2) is 12.0. The van der Waals surface area contributed by atoms with Gasteiger partial charge in [0.05, 0.1) is 40.6 Å². The molecule has 10 heteroatoms. The second-order valence-corrected chi connectivity index (χ2v) is 11.2. The standard InChI is InChI=1S/C32H30ClN3O5S/c1-6-40-30(38)22-10-14-25(15-11-22)35-18(3)16-23(20(35)5)17-26-29(37)36-28(21-8-12-24(33)13-9-21)27(31(39)41-7-2)19(4)34-32(36)42-26/h8-17,28H,6-7H2,1-5H3/b26-17+/t28-/m0/s1. The van der Waals surface area contributed by atoms with Gasteiger partial charge in [0.1, 0.15) is 0 Å². The molecule has 1 aliphatic heterocycles. The number of carbonyl (C=O) groups is 2. The molecule has 1 atom stereocenters. The van der Waals surface area contributed by atoms with Crippen molar-refractivity contribution in [2.24, 2.45) is 4.99 Å². The first-order chi connectivity index (χ1) is 20.1. The average molecular weight is 604 g/mol. The van der Waals surface area contributed by atoms with Gasteiger partial charge >= 0.3 is 11.9 Å². The summed E-state index contributed by atoms with van der Waals surface area (Å²) in [7, 11) is 0. The molecule has 0 saturated heterocycles. The third kappa shape index (κ3) is 5.37. The van der Waals surface area contributed by atoms with Gasteiger partial charge in [-0.25, -0.2) is 14.6 Å². The summed E-state index contributed by atoms with van der Waals surface area (Å²) in [5, 5.41) is 0.551. The first-order valence-electron chi connectivity index (χ1n) is 13.6. The van der Waals surface area contributed by atoms with E-state index in [1.165, 1.54) is 11.3 Å². The summed E-state index contributed by atoms with van der Waals surface area (Å²) in [6, 6.07) is 15.6. The fraction of sp³-hybridized carbons (Fsp3) is 0.250. The molecule has 0 unspecified atom stereocenters. The number of halogens is 1. The van der Waals surface area contributed by atoms with Crippen LogP contribution in [-0.4, -0.2) is 34.3 Å². The number of hydrogen-bond acceptors (Lipinski definition) is 7. The topological polar surface area (TPSA) is 91.9 Å².